The number of hydrogen-bond acceptors (Lipinski definition) is 3. The van der Waals surface area contributed by atoms with Crippen molar-refractivity contribution in [3.05, 3.63) is 22.7 Å². The Morgan fingerprint density at radius 2 is 1.79 bits per heavy atom. The average molecular weight is 349 g/mol. The highest BCUT2D eigenvalue weighted by molar-refractivity contribution is 9.10. The molecule has 1 aliphatic heterocycles. The Morgan fingerprint density at radius 1 is 1.16 bits per heavy atom. The van der Waals surface area contributed by atoms with Gasteiger partial charge in [0.2, 0.25) is 0 Å². The van der Waals surface area contributed by atoms with Gasteiger partial charge >= 0.3 is 10.2 Å². The van der Waals surface area contributed by atoms with Crippen molar-refractivity contribution in [3.63, 3.8) is 0 Å². The van der Waals surface area contributed by atoms with Crippen LogP contribution < -0.4 is 4.72 Å². The number of anilines is 1. The molecule has 1 aromatic carbocycles. The lowest BCUT2D eigenvalue weighted by Gasteiger charge is -2.21. The van der Waals surface area contributed by atoms with Crippen LogP contribution in [0.2, 0.25) is 0 Å². The van der Waals surface area contributed by atoms with Gasteiger partial charge in [-0.1, -0.05) is 28.8 Å². The lowest BCUT2D eigenvalue weighted by molar-refractivity contribution is 0.427. The Hall–Kier alpha value is -0.790. The van der Waals surface area contributed by atoms with Crippen molar-refractivity contribution in [2.24, 2.45) is 0 Å². The molecule has 1 saturated heterocycles. The minimum Gasteiger partial charge on any atom is -0.506 e. The first kappa shape index (κ1) is 14.6. The number of nitrogens with one attached hydrogen (secondary N) is 1. The topological polar surface area (TPSA) is 69.6 Å². The Bertz CT molecular complexity index is 540. The molecule has 1 fully saturated rings. The second-order valence-electron chi connectivity index (χ2n) is 4.58. The van der Waals surface area contributed by atoms with Gasteiger partial charge in [0.1, 0.15) is 5.75 Å². The fourth-order valence-corrected chi connectivity index (χ4v) is 3.75. The van der Waals surface area contributed by atoms with E-state index in [4.69, 9.17) is 0 Å². The van der Waals surface area contributed by atoms with Crippen LogP contribution in [0.15, 0.2) is 22.7 Å². The number of nitrogens with zero attached hydrogens (tertiary/aromatic N) is 1. The van der Waals surface area contributed by atoms with Crippen LogP contribution >= 0.6 is 15.9 Å². The van der Waals surface area contributed by atoms with Gasteiger partial charge in [-0.3, -0.25) is 4.72 Å². The zero-order chi connectivity index (χ0) is 13.9. The van der Waals surface area contributed by atoms with Gasteiger partial charge in [0.15, 0.2) is 0 Å². The second kappa shape index (κ2) is 6.11. The quantitative estimate of drug-likeness (QED) is 0.825. The third kappa shape index (κ3) is 3.84. The average Bonchev–Trinajstić information content (AvgIpc) is 2.63. The van der Waals surface area contributed by atoms with E-state index in [0.717, 1.165) is 25.7 Å². The minimum absolute atomic E-state index is 0.0819. The third-order valence-electron chi connectivity index (χ3n) is 3.10. The molecule has 5 nitrogen and oxygen atoms in total. The summed E-state index contributed by atoms with van der Waals surface area (Å²) in [6.07, 6.45) is 3.89. The van der Waals surface area contributed by atoms with Crippen LogP contribution in [-0.4, -0.2) is 30.9 Å². The molecule has 0 aromatic heterocycles. The van der Waals surface area contributed by atoms with Crippen molar-refractivity contribution in [1.82, 2.24) is 4.31 Å². The molecule has 0 bridgehead atoms. The largest absolute Gasteiger partial charge is 0.506 e. The van der Waals surface area contributed by atoms with Crippen molar-refractivity contribution >= 4 is 31.8 Å². The monoisotopic (exact) mass is 348 g/mol. The summed E-state index contributed by atoms with van der Waals surface area (Å²) < 4.78 is 29.1. The van der Waals surface area contributed by atoms with Gasteiger partial charge < -0.3 is 5.11 Å². The van der Waals surface area contributed by atoms with Crippen LogP contribution in [0.3, 0.4) is 0 Å². The molecule has 2 N–H and O–H groups in total. The van der Waals surface area contributed by atoms with Gasteiger partial charge in [-0.25, -0.2) is 0 Å². The van der Waals surface area contributed by atoms with Crippen molar-refractivity contribution in [2.45, 2.75) is 25.7 Å². The summed E-state index contributed by atoms with van der Waals surface area (Å²) in [6, 6.07) is 4.65. The summed E-state index contributed by atoms with van der Waals surface area (Å²) in [4.78, 5) is 0. The van der Waals surface area contributed by atoms with E-state index in [1.165, 1.54) is 10.4 Å². The highest BCUT2D eigenvalue weighted by Crippen LogP contribution is 2.28. The normalized spacial score (nSPS) is 17.9. The van der Waals surface area contributed by atoms with Crippen LogP contribution in [0, 0.1) is 0 Å². The first-order valence-corrected chi connectivity index (χ1v) is 8.49. The zero-order valence-corrected chi connectivity index (χ0v) is 12.9. The molecule has 0 aliphatic carbocycles. The summed E-state index contributed by atoms with van der Waals surface area (Å²) in [6.45, 7) is 1.06. The molecule has 1 aliphatic rings. The predicted octanol–water partition coefficient (Wildman–Crippen LogP) is 2.69. The van der Waals surface area contributed by atoms with Gasteiger partial charge in [0.05, 0.1) is 5.69 Å². The molecule has 0 saturated carbocycles. The third-order valence-corrected chi connectivity index (χ3v) is 5.12. The van der Waals surface area contributed by atoms with E-state index in [9.17, 15) is 13.5 Å². The summed E-state index contributed by atoms with van der Waals surface area (Å²) in [5, 5.41) is 9.69. The second-order valence-corrected chi connectivity index (χ2v) is 7.17. The van der Waals surface area contributed by atoms with Gasteiger partial charge in [-0.2, -0.15) is 12.7 Å². The molecule has 0 radical (unpaired) electrons. The number of hydrogen-bond donors (Lipinski definition) is 2. The van der Waals surface area contributed by atoms with E-state index in [-0.39, 0.29) is 11.4 Å². The van der Waals surface area contributed by atoms with Crippen molar-refractivity contribution in [3.8, 4) is 5.75 Å². The Balaban J connectivity index is 2.18. The van der Waals surface area contributed by atoms with Crippen LogP contribution in [0.25, 0.3) is 0 Å². The number of aromatic hydroxyl groups is 1. The summed E-state index contributed by atoms with van der Waals surface area (Å²) in [5.74, 6) is -0.0819. The summed E-state index contributed by atoms with van der Waals surface area (Å²) >= 11 is 3.25. The maximum Gasteiger partial charge on any atom is 0.301 e. The molecule has 19 heavy (non-hydrogen) atoms. The predicted molar refractivity (Wildman–Crippen MR) is 78.4 cm³/mol. The van der Waals surface area contributed by atoms with E-state index in [1.54, 1.807) is 12.1 Å². The minimum atomic E-state index is -3.60. The first-order chi connectivity index (χ1) is 8.99. The van der Waals surface area contributed by atoms with Crippen LogP contribution in [0.5, 0.6) is 5.75 Å². The van der Waals surface area contributed by atoms with E-state index >= 15 is 0 Å². The molecule has 0 unspecified atom stereocenters. The van der Waals surface area contributed by atoms with Gasteiger partial charge in [0, 0.05) is 17.6 Å². The molecule has 0 atom stereocenters. The number of halogens is 1. The van der Waals surface area contributed by atoms with Crippen LogP contribution in [-0.2, 0) is 10.2 Å². The molecule has 0 spiro atoms. The van der Waals surface area contributed by atoms with Gasteiger partial charge in [-0.05, 0) is 31.0 Å². The highest BCUT2D eigenvalue weighted by Gasteiger charge is 2.23. The number of benzene rings is 1. The van der Waals surface area contributed by atoms with E-state index in [0.29, 0.717) is 17.6 Å². The molecular formula is C12H17BrN2O3S. The maximum absolute atomic E-state index is 12.3. The summed E-state index contributed by atoms with van der Waals surface area (Å²) in [7, 11) is -3.60. The SMILES string of the molecule is O=S(=O)(Nc1cc(Br)ccc1O)N1CCCCCC1. The Labute approximate surface area is 121 Å². The fraction of sp³-hybridized carbons (Fsp3) is 0.500. The van der Waals surface area contributed by atoms with Crippen LogP contribution in [0.1, 0.15) is 25.7 Å². The van der Waals surface area contributed by atoms with Crippen LogP contribution in [0.4, 0.5) is 5.69 Å². The Morgan fingerprint density at radius 3 is 2.42 bits per heavy atom. The van der Waals surface area contributed by atoms with Crippen molar-refractivity contribution < 1.29 is 13.5 Å². The van der Waals surface area contributed by atoms with Gasteiger partial charge in [0.25, 0.3) is 0 Å². The van der Waals surface area contributed by atoms with E-state index < -0.39 is 10.2 Å². The molecule has 106 valence electrons. The highest BCUT2D eigenvalue weighted by atomic mass is 79.9. The molecule has 2 rings (SSSR count). The number of rotatable bonds is 3. The smallest absolute Gasteiger partial charge is 0.301 e. The molecule has 1 aromatic rings. The van der Waals surface area contributed by atoms with Crippen molar-refractivity contribution in [1.29, 1.82) is 0 Å². The Kier molecular flexibility index (Phi) is 4.70. The number of phenols is 1. The van der Waals surface area contributed by atoms with E-state index in [1.807, 2.05) is 0 Å². The standard InChI is InChI=1S/C12H17BrN2O3S/c13-10-5-6-12(16)11(9-10)14-19(17,18)15-7-3-1-2-4-8-15/h5-6,9,14,16H,1-4,7-8H2. The summed E-state index contributed by atoms with van der Waals surface area (Å²) in [5.41, 5.74) is 0.193. The lowest BCUT2D eigenvalue weighted by Crippen LogP contribution is -2.36. The first-order valence-electron chi connectivity index (χ1n) is 6.25. The van der Waals surface area contributed by atoms with Crippen molar-refractivity contribution in [2.75, 3.05) is 17.8 Å². The fourth-order valence-electron chi connectivity index (χ4n) is 2.08. The lowest BCUT2D eigenvalue weighted by atomic mass is 10.2. The van der Waals surface area contributed by atoms with E-state index in [2.05, 4.69) is 20.7 Å². The maximum atomic E-state index is 12.3. The molecule has 7 heteroatoms. The molecule has 0 amide bonds. The molecular weight excluding hydrogens is 332 g/mol. The number of phenolic OH excluding ortho intramolecular Hbond substituents is 1. The van der Waals surface area contributed by atoms with Gasteiger partial charge in [-0.15, -0.1) is 0 Å². The molecule has 1 heterocycles. The zero-order valence-electron chi connectivity index (χ0n) is 10.5.